The lowest BCUT2D eigenvalue weighted by atomic mass is 9.96. The second kappa shape index (κ2) is 7.20. The summed E-state index contributed by atoms with van der Waals surface area (Å²) < 4.78 is 14.0. The zero-order chi connectivity index (χ0) is 14.4. The quantitative estimate of drug-likeness (QED) is 0.817. The number of rotatable bonds is 6. The van der Waals surface area contributed by atoms with Crippen LogP contribution < -0.4 is 5.32 Å². The Labute approximate surface area is 120 Å². The summed E-state index contributed by atoms with van der Waals surface area (Å²) in [6, 6.07) is 15.4. The van der Waals surface area contributed by atoms with Gasteiger partial charge in [-0.15, -0.1) is 0 Å². The van der Waals surface area contributed by atoms with Gasteiger partial charge in [0.05, 0.1) is 6.04 Å². The molecule has 0 aliphatic carbocycles. The zero-order valence-electron chi connectivity index (χ0n) is 12.2. The maximum atomic E-state index is 14.0. The van der Waals surface area contributed by atoms with Crippen LogP contribution in [0.2, 0.25) is 0 Å². The zero-order valence-corrected chi connectivity index (χ0v) is 12.2. The molecule has 0 aliphatic heterocycles. The maximum Gasteiger partial charge on any atom is 0.128 e. The third-order valence-electron chi connectivity index (χ3n) is 3.48. The van der Waals surface area contributed by atoms with E-state index in [4.69, 9.17) is 0 Å². The highest BCUT2D eigenvalue weighted by Gasteiger charge is 2.16. The molecule has 20 heavy (non-hydrogen) atoms. The van der Waals surface area contributed by atoms with Crippen molar-refractivity contribution in [3.8, 4) is 0 Å². The fourth-order valence-electron chi connectivity index (χ4n) is 2.49. The van der Waals surface area contributed by atoms with Crippen LogP contribution in [0, 0.1) is 5.82 Å². The van der Waals surface area contributed by atoms with E-state index in [1.54, 1.807) is 6.07 Å². The molecule has 2 rings (SSSR count). The molecule has 0 bridgehead atoms. The van der Waals surface area contributed by atoms with Crippen LogP contribution in [0.15, 0.2) is 48.5 Å². The Balaban J connectivity index is 2.31. The van der Waals surface area contributed by atoms with E-state index in [9.17, 15) is 4.39 Å². The number of halogens is 1. The Morgan fingerprint density at radius 3 is 2.30 bits per heavy atom. The van der Waals surface area contributed by atoms with E-state index in [-0.39, 0.29) is 11.9 Å². The molecule has 0 heterocycles. The Bertz CT molecular complexity index is 533. The summed E-state index contributed by atoms with van der Waals surface area (Å²) in [5.74, 6) is -0.156. The molecule has 0 saturated carbocycles. The first kappa shape index (κ1) is 14.7. The third kappa shape index (κ3) is 3.45. The molecule has 1 unspecified atom stereocenters. The van der Waals surface area contributed by atoms with Crippen molar-refractivity contribution in [2.24, 2.45) is 0 Å². The summed E-state index contributed by atoms with van der Waals surface area (Å²) >= 11 is 0. The van der Waals surface area contributed by atoms with Gasteiger partial charge in [0.1, 0.15) is 5.82 Å². The smallest absolute Gasteiger partial charge is 0.128 e. The van der Waals surface area contributed by atoms with E-state index in [2.05, 4.69) is 36.5 Å². The molecule has 2 heteroatoms. The molecule has 1 atom stereocenters. The lowest BCUT2D eigenvalue weighted by molar-refractivity contribution is 0.559. The predicted molar refractivity (Wildman–Crippen MR) is 82.4 cm³/mol. The summed E-state index contributed by atoms with van der Waals surface area (Å²) in [6.45, 7) is 5.02. The first-order valence-electron chi connectivity index (χ1n) is 7.33. The van der Waals surface area contributed by atoms with Gasteiger partial charge in [-0.3, -0.25) is 0 Å². The van der Waals surface area contributed by atoms with Gasteiger partial charge >= 0.3 is 0 Å². The lowest BCUT2D eigenvalue weighted by Crippen LogP contribution is -2.23. The second-order valence-corrected chi connectivity index (χ2v) is 5.00. The number of aryl methyl sites for hydroxylation is 1. The monoisotopic (exact) mass is 271 g/mol. The van der Waals surface area contributed by atoms with Crippen LogP contribution in [0.1, 0.15) is 43.0 Å². The Morgan fingerprint density at radius 1 is 1.00 bits per heavy atom. The summed E-state index contributed by atoms with van der Waals surface area (Å²) in [5.41, 5.74) is 3.15. The van der Waals surface area contributed by atoms with Crippen LogP contribution in [-0.4, -0.2) is 6.54 Å². The van der Waals surface area contributed by atoms with E-state index in [1.165, 1.54) is 11.6 Å². The predicted octanol–water partition coefficient (Wildman–Crippen LogP) is 4.48. The van der Waals surface area contributed by atoms with Gasteiger partial charge in [-0.2, -0.15) is 0 Å². The van der Waals surface area contributed by atoms with Gasteiger partial charge in [-0.1, -0.05) is 62.7 Å². The molecule has 1 nitrogen and oxygen atoms in total. The number of hydrogen-bond acceptors (Lipinski definition) is 1. The summed E-state index contributed by atoms with van der Waals surface area (Å²) in [5, 5.41) is 3.37. The molecule has 0 spiro atoms. The van der Waals surface area contributed by atoms with E-state index in [0.29, 0.717) is 5.56 Å². The van der Waals surface area contributed by atoms with Gasteiger partial charge < -0.3 is 5.32 Å². The molecular formula is C18H22FN. The summed E-state index contributed by atoms with van der Waals surface area (Å²) in [6.07, 6.45) is 2.23. The Kier molecular flexibility index (Phi) is 5.31. The normalized spacial score (nSPS) is 12.3. The molecule has 2 aromatic rings. The Hall–Kier alpha value is -1.67. The maximum absolute atomic E-state index is 14.0. The standard InChI is InChI=1S/C18H22FN/c1-3-7-14-10-12-15(13-11-14)18(20-4-2)16-8-5-6-9-17(16)19/h5-6,8-13,18,20H,3-4,7H2,1-2H3. The highest BCUT2D eigenvalue weighted by Crippen LogP contribution is 2.24. The summed E-state index contributed by atoms with van der Waals surface area (Å²) in [7, 11) is 0. The number of nitrogens with one attached hydrogen (secondary N) is 1. The van der Waals surface area contributed by atoms with Crippen molar-refractivity contribution in [2.75, 3.05) is 6.54 Å². The average Bonchev–Trinajstić information content (AvgIpc) is 2.47. The first-order chi connectivity index (χ1) is 9.76. The molecule has 0 amide bonds. The number of hydrogen-bond donors (Lipinski definition) is 1. The Morgan fingerprint density at radius 2 is 1.70 bits per heavy atom. The minimum Gasteiger partial charge on any atom is -0.306 e. The van der Waals surface area contributed by atoms with E-state index in [1.807, 2.05) is 19.1 Å². The van der Waals surface area contributed by atoms with Gasteiger partial charge in [0, 0.05) is 5.56 Å². The highest BCUT2D eigenvalue weighted by atomic mass is 19.1. The largest absolute Gasteiger partial charge is 0.306 e. The van der Waals surface area contributed by atoms with Crippen molar-refractivity contribution in [3.05, 3.63) is 71.0 Å². The van der Waals surface area contributed by atoms with Gasteiger partial charge in [-0.05, 0) is 30.2 Å². The van der Waals surface area contributed by atoms with Gasteiger partial charge in [0.25, 0.3) is 0 Å². The average molecular weight is 271 g/mol. The molecular weight excluding hydrogens is 249 g/mol. The van der Waals surface area contributed by atoms with Crippen LogP contribution in [0.3, 0.4) is 0 Å². The highest BCUT2D eigenvalue weighted by molar-refractivity contribution is 5.34. The van der Waals surface area contributed by atoms with Crippen molar-refractivity contribution < 1.29 is 4.39 Å². The molecule has 0 aromatic heterocycles. The van der Waals surface area contributed by atoms with Gasteiger partial charge in [0.2, 0.25) is 0 Å². The fraction of sp³-hybridized carbons (Fsp3) is 0.333. The van der Waals surface area contributed by atoms with Crippen LogP contribution >= 0.6 is 0 Å². The molecule has 0 aliphatic rings. The molecule has 2 aromatic carbocycles. The van der Waals surface area contributed by atoms with Crippen molar-refractivity contribution in [1.29, 1.82) is 0 Å². The molecule has 106 valence electrons. The lowest BCUT2D eigenvalue weighted by Gasteiger charge is -2.20. The third-order valence-corrected chi connectivity index (χ3v) is 3.48. The minimum atomic E-state index is -0.156. The van der Waals surface area contributed by atoms with Crippen molar-refractivity contribution in [2.45, 2.75) is 32.7 Å². The second-order valence-electron chi connectivity index (χ2n) is 5.00. The number of benzene rings is 2. The topological polar surface area (TPSA) is 12.0 Å². The van der Waals surface area contributed by atoms with Crippen LogP contribution in [0.25, 0.3) is 0 Å². The van der Waals surface area contributed by atoms with Crippen LogP contribution in [0.5, 0.6) is 0 Å². The van der Waals surface area contributed by atoms with Gasteiger partial charge in [-0.25, -0.2) is 4.39 Å². The summed E-state index contributed by atoms with van der Waals surface area (Å²) in [4.78, 5) is 0. The SMILES string of the molecule is CCCc1ccc(C(NCC)c2ccccc2F)cc1. The molecule has 1 N–H and O–H groups in total. The minimum absolute atomic E-state index is 0.0862. The molecule has 0 fully saturated rings. The van der Waals surface area contributed by atoms with Crippen LogP contribution in [0.4, 0.5) is 4.39 Å². The van der Waals surface area contributed by atoms with E-state index >= 15 is 0 Å². The fourth-order valence-corrected chi connectivity index (χ4v) is 2.49. The van der Waals surface area contributed by atoms with E-state index < -0.39 is 0 Å². The molecule has 0 saturated heterocycles. The van der Waals surface area contributed by atoms with Crippen molar-refractivity contribution in [1.82, 2.24) is 5.32 Å². The van der Waals surface area contributed by atoms with Crippen LogP contribution in [-0.2, 0) is 6.42 Å². The van der Waals surface area contributed by atoms with Crippen molar-refractivity contribution >= 4 is 0 Å². The first-order valence-corrected chi connectivity index (χ1v) is 7.33. The molecule has 0 radical (unpaired) electrons. The van der Waals surface area contributed by atoms with E-state index in [0.717, 1.165) is 24.9 Å². The van der Waals surface area contributed by atoms with Crippen molar-refractivity contribution in [3.63, 3.8) is 0 Å². The van der Waals surface area contributed by atoms with Gasteiger partial charge in [0.15, 0.2) is 0 Å².